The molecule has 1 amide bonds. The Bertz CT molecular complexity index is 1050. The van der Waals surface area contributed by atoms with Crippen molar-refractivity contribution in [3.05, 3.63) is 64.3 Å². The second-order valence-electron chi connectivity index (χ2n) is 5.90. The molecule has 2 aromatic heterocycles. The summed E-state index contributed by atoms with van der Waals surface area (Å²) in [4.78, 5) is 19.1. The number of hydrogen-bond acceptors (Lipinski definition) is 4. The Kier molecular flexibility index (Phi) is 3.98. The third kappa shape index (κ3) is 2.90. The highest BCUT2D eigenvalue weighted by Crippen LogP contribution is 2.30. The maximum absolute atomic E-state index is 12.8. The molecule has 0 spiro atoms. The zero-order chi connectivity index (χ0) is 17.6. The number of halogens is 1. The highest BCUT2D eigenvalue weighted by molar-refractivity contribution is 7.18. The fourth-order valence-corrected chi connectivity index (χ4v) is 3.95. The molecule has 0 radical (unpaired) electrons. The minimum atomic E-state index is -0.181. The van der Waals surface area contributed by atoms with E-state index in [2.05, 4.69) is 4.98 Å². The number of para-hydroxylation sites is 1. The maximum Gasteiger partial charge on any atom is 0.289 e. The third-order valence-electron chi connectivity index (χ3n) is 4.26. The fraction of sp³-hybridized carbons (Fsp3) is 0.158. The first-order valence-corrected chi connectivity index (χ1v) is 9.04. The Labute approximate surface area is 153 Å². The van der Waals surface area contributed by atoms with Crippen molar-refractivity contribution in [2.45, 2.75) is 13.0 Å². The van der Waals surface area contributed by atoms with Gasteiger partial charge in [-0.3, -0.25) is 4.79 Å². The normalized spacial score (nSPS) is 12.6. The van der Waals surface area contributed by atoms with E-state index in [1.165, 1.54) is 0 Å². The molecule has 4 nitrogen and oxygen atoms in total. The Hall–Kier alpha value is -2.37. The number of benzene rings is 2. The van der Waals surface area contributed by atoms with E-state index in [0.29, 0.717) is 16.4 Å². The SMILES string of the molecule is C[C@H](c1nc2ccccc2s1)N(C)C(=O)c1cc2cc(Cl)ccc2o1. The van der Waals surface area contributed by atoms with Crippen molar-refractivity contribution in [1.82, 2.24) is 9.88 Å². The highest BCUT2D eigenvalue weighted by atomic mass is 35.5. The molecule has 2 heterocycles. The topological polar surface area (TPSA) is 46.3 Å². The largest absolute Gasteiger partial charge is 0.451 e. The monoisotopic (exact) mass is 370 g/mol. The van der Waals surface area contributed by atoms with Crippen molar-refractivity contribution in [2.75, 3.05) is 7.05 Å². The molecule has 0 unspecified atom stereocenters. The maximum atomic E-state index is 12.8. The van der Waals surface area contributed by atoms with E-state index in [-0.39, 0.29) is 11.9 Å². The van der Waals surface area contributed by atoms with Crippen LogP contribution in [0, 0.1) is 0 Å². The Balaban J connectivity index is 1.63. The van der Waals surface area contributed by atoms with Crippen molar-refractivity contribution >= 4 is 50.0 Å². The third-order valence-corrected chi connectivity index (χ3v) is 5.70. The molecule has 0 aliphatic rings. The molecule has 1 atom stereocenters. The molecule has 2 aromatic carbocycles. The molecular weight excluding hydrogens is 356 g/mol. The van der Waals surface area contributed by atoms with Crippen LogP contribution in [0.25, 0.3) is 21.2 Å². The van der Waals surface area contributed by atoms with Crippen molar-refractivity contribution in [3.8, 4) is 0 Å². The van der Waals surface area contributed by atoms with Crippen LogP contribution in [0.15, 0.2) is 52.9 Å². The van der Waals surface area contributed by atoms with E-state index in [1.807, 2.05) is 31.2 Å². The average molecular weight is 371 g/mol. The van der Waals surface area contributed by atoms with E-state index in [1.54, 1.807) is 47.5 Å². The number of rotatable bonds is 3. The van der Waals surface area contributed by atoms with Crippen LogP contribution in [0.2, 0.25) is 5.02 Å². The van der Waals surface area contributed by atoms with Crippen LogP contribution in [0.3, 0.4) is 0 Å². The second kappa shape index (κ2) is 6.17. The number of nitrogens with zero attached hydrogens (tertiary/aromatic N) is 2. The summed E-state index contributed by atoms with van der Waals surface area (Å²) >= 11 is 7.60. The quantitative estimate of drug-likeness (QED) is 0.476. The molecule has 4 aromatic rings. The molecule has 0 aliphatic carbocycles. The van der Waals surface area contributed by atoms with Gasteiger partial charge in [-0.05, 0) is 43.3 Å². The molecule has 6 heteroatoms. The van der Waals surface area contributed by atoms with Crippen molar-refractivity contribution in [2.24, 2.45) is 0 Å². The van der Waals surface area contributed by atoms with E-state index in [9.17, 15) is 4.79 Å². The lowest BCUT2D eigenvalue weighted by molar-refractivity contribution is 0.0713. The minimum Gasteiger partial charge on any atom is -0.451 e. The van der Waals surface area contributed by atoms with Crippen LogP contribution in [0.5, 0.6) is 0 Å². The number of aromatic nitrogens is 1. The predicted molar refractivity (Wildman–Crippen MR) is 101 cm³/mol. The smallest absolute Gasteiger partial charge is 0.289 e. The van der Waals surface area contributed by atoms with Gasteiger partial charge in [0.15, 0.2) is 5.76 Å². The highest BCUT2D eigenvalue weighted by Gasteiger charge is 2.24. The molecule has 0 aliphatic heterocycles. The van der Waals surface area contributed by atoms with Crippen LogP contribution in [0.4, 0.5) is 0 Å². The number of fused-ring (bicyclic) bond motifs is 2. The molecule has 0 saturated carbocycles. The first-order chi connectivity index (χ1) is 12.0. The Morgan fingerprint density at radius 3 is 2.84 bits per heavy atom. The van der Waals surface area contributed by atoms with Crippen LogP contribution < -0.4 is 0 Å². The van der Waals surface area contributed by atoms with Gasteiger partial charge in [0.1, 0.15) is 10.6 Å². The summed E-state index contributed by atoms with van der Waals surface area (Å²) < 4.78 is 6.80. The fourth-order valence-electron chi connectivity index (χ4n) is 2.70. The zero-order valence-electron chi connectivity index (χ0n) is 13.7. The lowest BCUT2D eigenvalue weighted by atomic mass is 10.2. The summed E-state index contributed by atoms with van der Waals surface area (Å²) in [5.74, 6) is 0.117. The Morgan fingerprint density at radius 2 is 2.04 bits per heavy atom. The molecule has 0 bridgehead atoms. The van der Waals surface area contributed by atoms with Crippen molar-refractivity contribution in [3.63, 3.8) is 0 Å². The molecule has 4 rings (SSSR count). The summed E-state index contributed by atoms with van der Waals surface area (Å²) in [5, 5.41) is 2.33. The summed E-state index contributed by atoms with van der Waals surface area (Å²) in [6.07, 6.45) is 0. The molecule has 0 saturated heterocycles. The van der Waals surface area contributed by atoms with E-state index in [0.717, 1.165) is 20.6 Å². The zero-order valence-corrected chi connectivity index (χ0v) is 15.3. The number of amides is 1. The lowest BCUT2D eigenvalue weighted by Gasteiger charge is -2.22. The van der Waals surface area contributed by atoms with E-state index in [4.69, 9.17) is 16.0 Å². The summed E-state index contributed by atoms with van der Waals surface area (Å²) in [6.45, 7) is 1.97. The van der Waals surface area contributed by atoms with Crippen LogP contribution in [-0.4, -0.2) is 22.8 Å². The number of carbonyl (C=O) groups excluding carboxylic acids is 1. The van der Waals surface area contributed by atoms with E-state index < -0.39 is 0 Å². The van der Waals surface area contributed by atoms with Crippen molar-refractivity contribution < 1.29 is 9.21 Å². The Morgan fingerprint density at radius 1 is 1.24 bits per heavy atom. The first-order valence-electron chi connectivity index (χ1n) is 7.84. The van der Waals surface area contributed by atoms with Gasteiger partial charge in [-0.25, -0.2) is 4.98 Å². The van der Waals surface area contributed by atoms with Gasteiger partial charge in [0, 0.05) is 17.5 Å². The van der Waals surface area contributed by atoms with Gasteiger partial charge in [0.25, 0.3) is 5.91 Å². The molecular formula is C19H15ClN2O2S. The van der Waals surface area contributed by atoms with Gasteiger partial charge in [-0.15, -0.1) is 11.3 Å². The van der Waals surface area contributed by atoms with Crippen LogP contribution >= 0.6 is 22.9 Å². The molecule has 0 fully saturated rings. The van der Waals surface area contributed by atoms with Gasteiger partial charge in [0.2, 0.25) is 0 Å². The van der Waals surface area contributed by atoms with Gasteiger partial charge in [-0.2, -0.15) is 0 Å². The van der Waals surface area contributed by atoms with Gasteiger partial charge in [-0.1, -0.05) is 23.7 Å². The lowest BCUT2D eigenvalue weighted by Crippen LogP contribution is -2.29. The number of hydrogen-bond donors (Lipinski definition) is 0. The molecule has 25 heavy (non-hydrogen) atoms. The minimum absolute atomic E-state index is 0.151. The summed E-state index contributed by atoms with van der Waals surface area (Å²) in [7, 11) is 1.76. The number of carbonyl (C=O) groups is 1. The standard InChI is InChI=1S/C19H15ClN2O2S/c1-11(18-21-14-5-3-4-6-17(14)25-18)22(2)19(23)16-10-12-9-13(20)7-8-15(12)24-16/h3-11H,1-2H3/t11-/m1/s1. The first kappa shape index (κ1) is 16.1. The average Bonchev–Trinajstić information content (AvgIpc) is 3.23. The number of furan rings is 1. The van der Waals surface area contributed by atoms with Crippen molar-refractivity contribution in [1.29, 1.82) is 0 Å². The van der Waals surface area contributed by atoms with E-state index >= 15 is 0 Å². The number of thiazole rings is 1. The summed E-state index contributed by atoms with van der Waals surface area (Å²) in [6, 6.07) is 14.8. The predicted octanol–water partition coefficient (Wildman–Crippen LogP) is 5.53. The second-order valence-corrected chi connectivity index (χ2v) is 7.40. The summed E-state index contributed by atoms with van der Waals surface area (Å²) in [5.41, 5.74) is 1.60. The molecule has 0 N–H and O–H groups in total. The van der Waals surface area contributed by atoms with Crippen LogP contribution in [-0.2, 0) is 0 Å². The van der Waals surface area contributed by atoms with Gasteiger partial charge in [0.05, 0.1) is 16.3 Å². The molecule has 126 valence electrons. The van der Waals surface area contributed by atoms with Crippen LogP contribution in [0.1, 0.15) is 28.5 Å². The van der Waals surface area contributed by atoms with Gasteiger partial charge >= 0.3 is 0 Å². The van der Waals surface area contributed by atoms with Gasteiger partial charge < -0.3 is 9.32 Å².